The number of nitrogens with zero attached hydrogens (tertiary/aromatic N) is 12. The van der Waals surface area contributed by atoms with Crippen molar-refractivity contribution >= 4 is 66.8 Å². The summed E-state index contributed by atoms with van der Waals surface area (Å²) in [6, 6.07) is 44.8. The molecule has 0 spiro atoms. The maximum Gasteiger partial charge on any atom is 3.00 e. The van der Waals surface area contributed by atoms with Crippen LogP contribution in [0.15, 0.2) is 195 Å². The minimum absolute atomic E-state index is 0. The Morgan fingerprint density at radius 1 is 0.300 bits per heavy atom. The van der Waals surface area contributed by atoms with E-state index in [1.165, 1.54) is 0 Å². The predicted octanol–water partition coefficient (Wildman–Crippen LogP) is 11.4. The van der Waals surface area contributed by atoms with Gasteiger partial charge in [-0.1, -0.05) is 97.1 Å². The molecular weight excluding hydrogens is 1050 g/mol. The maximum atomic E-state index is 10.7. The molecule has 0 bridgehead atoms. The predicted molar refractivity (Wildman–Crippen MR) is 236 cm³/mol. The van der Waals surface area contributed by atoms with Gasteiger partial charge in [0.2, 0.25) is 0 Å². The van der Waals surface area contributed by atoms with Crippen LogP contribution in [-0.4, -0.2) is 76.8 Å². The van der Waals surface area contributed by atoms with E-state index in [1.807, 2.05) is 146 Å². The maximum absolute atomic E-state index is 10.7. The molecular formula is C42H32Cr2F6N12O6S2. The van der Waals surface area contributed by atoms with Crippen molar-refractivity contribution in [3.8, 4) is 0 Å². The van der Waals surface area contributed by atoms with Gasteiger partial charge in [0.05, 0.1) is 0 Å². The Morgan fingerprint density at radius 2 is 0.414 bits per heavy atom. The topological polar surface area (TPSA) is 274 Å². The number of rotatable bonds is 8. The molecule has 8 aromatic heterocycles. The Hall–Kier alpha value is -7.14. The van der Waals surface area contributed by atoms with Crippen molar-refractivity contribution < 1.29 is 87.0 Å². The fourth-order valence-corrected chi connectivity index (χ4v) is 3.83. The summed E-state index contributed by atoms with van der Waals surface area (Å²) in [6.07, 6.45) is 13.7. The number of hydrogen-bond acceptors (Lipinski definition) is 14. The zero-order chi connectivity index (χ0) is 49.7. The molecule has 18 nitrogen and oxygen atoms in total. The van der Waals surface area contributed by atoms with Crippen molar-refractivity contribution in [1.29, 1.82) is 0 Å². The molecule has 0 aromatic carbocycles. The summed E-state index contributed by atoms with van der Waals surface area (Å²) in [5.41, 5.74) is -11.3. The normalized spacial score (nSPS) is 10.3. The van der Waals surface area contributed by atoms with Crippen LogP contribution in [0.3, 0.4) is 0 Å². The van der Waals surface area contributed by atoms with E-state index >= 15 is 0 Å². The quantitative estimate of drug-likeness (QED) is 0.0777. The van der Waals surface area contributed by atoms with Crippen LogP contribution in [0.1, 0.15) is 0 Å². The number of pyridine rings is 8. The molecule has 0 N–H and O–H groups in total. The number of hydrogen-bond donors (Lipinski definition) is 0. The Balaban J connectivity index is 0.000000423. The minimum atomic E-state index is -6.09. The second-order valence-electron chi connectivity index (χ2n) is 11.8. The van der Waals surface area contributed by atoms with Crippen LogP contribution < -0.4 is 0 Å². The summed E-state index contributed by atoms with van der Waals surface area (Å²) in [7, 11) is -12.2. The van der Waals surface area contributed by atoms with Crippen LogP contribution in [0.5, 0.6) is 0 Å². The zero-order valence-electron chi connectivity index (χ0n) is 35.2. The van der Waals surface area contributed by atoms with E-state index in [4.69, 9.17) is 25.9 Å². The monoisotopic (exact) mass is 1080 g/mol. The van der Waals surface area contributed by atoms with Crippen LogP contribution in [-0.2, 0) is 55.0 Å². The van der Waals surface area contributed by atoms with Crippen molar-refractivity contribution in [2.24, 2.45) is 0 Å². The van der Waals surface area contributed by atoms with Gasteiger partial charge in [0.1, 0.15) is 0 Å². The van der Waals surface area contributed by atoms with E-state index < -0.39 is 31.3 Å². The molecule has 0 amide bonds. The molecule has 8 heterocycles. The molecule has 0 atom stereocenters. The average Bonchev–Trinajstić information content (AvgIpc) is 3.32. The van der Waals surface area contributed by atoms with E-state index in [2.05, 4.69) is 61.1 Å². The Kier molecular flexibility index (Phi) is 27.7. The van der Waals surface area contributed by atoms with Gasteiger partial charge in [-0.2, -0.15) is 26.3 Å². The summed E-state index contributed by atoms with van der Waals surface area (Å²) in [6.45, 7) is 0. The van der Waals surface area contributed by atoms with Gasteiger partial charge in [-0.25, -0.2) is 16.8 Å². The molecule has 0 aliphatic heterocycles. The van der Waals surface area contributed by atoms with Gasteiger partial charge in [0, 0.05) is 46.5 Å². The van der Waals surface area contributed by atoms with E-state index in [-0.39, 0.29) is 34.7 Å². The number of aromatic nitrogens is 8. The van der Waals surface area contributed by atoms with Crippen LogP contribution in [0.2, 0.25) is 0 Å². The summed E-state index contributed by atoms with van der Waals surface area (Å²) >= 11 is 0. The fraction of sp³-hybridized carbons (Fsp3) is 0.0476. The first kappa shape index (κ1) is 60.9. The standard InChI is InChI=1S/4C10H8N3.2CHF3O3S.2Cr/c4*1-3-7-11-9(5-1)13-10-6-2-4-8-12-10;2*2-1(3,4)8(5,6)7;;/h4*1-8H;2*(H,5,6,7);;/q4*-1;;;2*+3/p-2. The van der Waals surface area contributed by atoms with Gasteiger partial charge < -0.3 is 70.2 Å². The van der Waals surface area contributed by atoms with E-state index in [9.17, 15) is 26.3 Å². The average molecular weight is 1080 g/mol. The zero-order valence-corrected chi connectivity index (χ0v) is 39.4. The van der Waals surface area contributed by atoms with Crippen LogP contribution >= 0.6 is 0 Å². The smallest absolute Gasteiger partial charge is 0.741 e. The fourth-order valence-electron chi connectivity index (χ4n) is 3.83. The molecule has 0 unspecified atom stereocenters. The van der Waals surface area contributed by atoms with Crippen molar-refractivity contribution in [2.45, 2.75) is 11.0 Å². The van der Waals surface area contributed by atoms with Gasteiger partial charge in [0.25, 0.3) is 0 Å². The first-order valence-corrected chi connectivity index (χ1v) is 21.3. The largest absolute Gasteiger partial charge is 3.00 e. The number of halogens is 6. The molecule has 8 rings (SSSR count). The summed E-state index contributed by atoms with van der Waals surface area (Å²) < 4.78 is 118. The van der Waals surface area contributed by atoms with Crippen molar-refractivity contribution in [2.75, 3.05) is 0 Å². The molecule has 0 aliphatic carbocycles. The van der Waals surface area contributed by atoms with Crippen LogP contribution in [0.4, 0.5) is 72.9 Å². The number of alkyl halides is 6. The molecule has 0 fully saturated rings. The summed E-state index contributed by atoms with van der Waals surface area (Å²) in [5.74, 6) is 5.45. The Bertz CT molecular complexity index is 2310. The van der Waals surface area contributed by atoms with Crippen molar-refractivity contribution in [1.82, 2.24) is 39.9 Å². The van der Waals surface area contributed by atoms with Gasteiger partial charge in [-0.15, -0.1) is 0 Å². The van der Waals surface area contributed by atoms with E-state index in [0.29, 0.717) is 46.5 Å². The van der Waals surface area contributed by atoms with Crippen LogP contribution in [0.25, 0.3) is 21.3 Å². The third-order valence-electron chi connectivity index (χ3n) is 6.68. The third kappa shape index (κ3) is 26.4. The van der Waals surface area contributed by atoms with Gasteiger partial charge in [-0.3, -0.25) is 0 Å². The molecule has 0 saturated heterocycles. The Morgan fingerprint density at radius 3 is 0.486 bits per heavy atom. The first-order valence-electron chi connectivity index (χ1n) is 18.5. The SMILES string of the molecule is O=S(=O)([O-])C(F)(F)F.O=S(=O)([O-])C(F)(F)F.[Cr+3].[Cr+3].c1ccc([N-]c2ccccn2)nc1.c1ccc([N-]c2ccccn2)nc1.c1ccc([N-]c2ccccn2)nc1.c1ccc([N-]c2ccccn2)nc1. The minimum Gasteiger partial charge on any atom is -0.741 e. The van der Waals surface area contributed by atoms with Gasteiger partial charge in [-0.05, 0) is 98.1 Å². The molecule has 28 heteroatoms. The molecule has 0 aliphatic rings. The van der Waals surface area contributed by atoms with E-state index in [1.54, 1.807) is 49.6 Å². The van der Waals surface area contributed by atoms with Crippen molar-refractivity contribution in [3.05, 3.63) is 216 Å². The Labute approximate surface area is 419 Å². The molecule has 0 saturated carbocycles. The second-order valence-corrected chi connectivity index (χ2v) is 14.5. The third-order valence-corrected chi connectivity index (χ3v) is 7.81. The molecule has 2 radical (unpaired) electrons. The molecule has 8 aromatic rings. The molecule has 362 valence electrons. The summed E-state index contributed by atoms with van der Waals surface area (Å²) in [4.78, 5) is 32.5. The van der Waals surface area contributed by atoms with E-state index in [0.717, 1.165) is 0 Å². The van der Waals surface area contributed by atoms with Crippen molar-refractivity contribution in [3.63, 3.8) is 0 Å². The summed E-state index contributed by atoms with van der Waals surface area (Å²) in [5, 5.41) is 16.9. The van der Waals surface area contributed by atoms with Gasteiger partial charge >= 0.3 is 45.7 Å². The molecule has 70 heavy (non-hydrogen) atoms. The van der Waals surface area contributed by atoms with Gasteiger partial charge in [0.15, 0.2) is 20.2 Å². The van der Waals surface area contributed by atoms with Crippen LogP contribution in [0, 0.1) is 0 Å². The first-order chi connectivity index (χ1) is 32.3. The second kappa shape index (κ2) is 31.8.